The number of amides is 2. The number of aliphatic carboxylic acids is 1. The molecule has 2 rings (SSSR count). The number of rotatable bonds is 14. The van der Waals surface area contributed by atoms with E-state index in [9.17, 15) is 24.6 Å². The molecule has 8 N–H and O–H groups in total. The lowest BCUT2D eigenvalue weighted by molar-refractivity contribution is -0.142. The first-order valence-electron chi connectivity index (χ1n) is 12.7. The van der Waals surface area contributed by atoms with Gasteiger partial charge in [0.05, 0.1) is 5.92 Å². The number of carbonyl (C=O) groups is 3. The normalized spacial score (nSPS) is 13.3. The second kappa shape index (κ2) is 14.6. The molecular weight excluding hydrogens is 486 g/mol. The Morgan fingerprint density at radius 3 is 1.97 bits per heavy atom. The molecular formula is C28H39N5O5. The van der Waals surface area contributed by atoms with Gasteiger partial charge >= 0.3 is 5.97 Å². The zero-order chi connectivity index (χ0) is 28.2. The maximum Gasteiger partial charge on any atom is 0.326 e. The van der Waals surface area contributed by atoms with Gasteiger partial charge in [-0.2, -0.15) is 0 Å². The Labute approximate surface area is 223 Å². The number of carboxylic acid groups (broad SMARTS) is 1. The van der Waals surface area contributed by atoms with Crippen molar-refractivity contribution in [1.82, 2.24) is 16.0 Å². The van der Waals surface area contributed by atoms with Gasteiger partial charge in [0, 0.05) is 13.0 Å². The van der Waals surface area contributed by atoms with Crippen molar-refractivity contribution >= 4 is 23.7 Å². The van der Waals surface area contributed by atoms with Gasteiger partial charge in [-0.3, -0.25) is 15.0 Å². The number of benzene rings is 2. The zero-order valence-corrected chi connectivity index (χ0v) is 22.2. The van der Waals surface area contributed by atoms with Crippen molar-refractivity contribution in [3.8, 4) is 5.75 Å². The molecule has 0 fully saturated rings. The summed E-state index contributed by atoms with van der Waals surface area (Å²) in [4.78, 5) is 38.2. The zero-order valence-electron chi connectivity index (χ0n) is 22.2. The molecule has 3 atom stereocenters. The van der Waals surface area contributed by atoms with E-state index >= 15 is 0 Å². The second-order valence-electron chi connectivity index (χ2n) is 9.88. The van der Waals surface area contributed by atoms with Gasteiger partial charge in [-0.05, 0) is 60.9 Å². The fraction of sp³-hybridized carbons (Fsp3) is 0.429. The number of nitrogens with two attached hydrogens (primary N) is 1. The molecule has 0 aliphatic carbocycles. The maximum absolute atomic E-state index is 13.2. The van der Waals surface area contributed by atoms with Gasteiger partial charge in [0.2, 0.25) is 11.8 Å². The SMILES string of the molecule is CC(C)Cc1ccc(C(C)C(=O)NC(Cc2ccc(O)cc2)C(=O)NC(CCCNC(=N)N)C(=O)O)cc1. The Morgan fingerprint density at radius 2 is 1.42 bits per heavy atom. The number of carbonyl (C=O) groups excluding carboxylic acids is 2. The molecule has 0 saturated carbocycles. The van der Waals surface area contributed by atoms with E-state index < -0.39 is 29.9 Å². The molecule has 0 aromatic heterocycles. The Balaban J connectivity index is 2.15. The number of guanidine groups is 1. The Morgan fingerprint density at radius 1 is 0.868 bits per heavy atom. The molecule has 0 radical (unpaired) electrons. The van der Waals surface area contributed by atoms with E-state index in [1.807, 2.05) is 24.3 Å². The first kappa shape index (κ1) is 30.1. The number of phenols is 1. The summed E-state index contributed by atoms with van der Waals surface area (Å²) in [7, 11) is 0. The van der Waals surface area contributed by atoms with E-state index in [0.717, 1.165) is 12.0 Å². The van der Waals surface area contributed by atoms with E-state index in [1.165, 1.54) is 17.7 Å². The molecule has 0 aliphatic rings. The summed E-state index contributed by atoms with van der Waals surface area (Å²) in [5.41, 5.74) is 7.91. The summed E-state index contributed by atoms with van der Waals surface area (Å²) in [5.74, 6) is -2.37. The van der Waals surface area contributed by atoms with E-state index in [1.54, 1.807) is 19.1 Å². The highest BCUT2D eigenvalue weighted by Crippen LogP contribution is 2.19. The van der Waals surface area contributed by atoms with Crippen LogP contribution in [0.25, 0.3) is 0 Å². The van der Waals surface area contributed by atoms with E-state index in [0.29, 0.717) is 17.9 Å². The van der Waals surface area contributed by atoms with Crippen LogP contribution in [0.1, 0.15) is 56.2 Å². The highest BCUT2D eigenvalue weighted by molar-refractivity contribution is 5.92. The second-order valence-corrected chi connectivity index (χ2v) is 9.88. The van der Waals surface area contributed by atoms with Crippen LogP contribution in [-0.4, -0.2) is 52.6 Å². The number of nitrogens with one attached hydrogen (secondary N) is 4. The summed E-state index contributed by atoms with van der Waals surface area (Å²) in [6, 6.07) is 11.8. The van der Waals surface area contributed by atoms with Gasteiger partial charge in [-0.25, -0.2) is 4.79 Å². The lowest BCUT2D eigenvalue weighted by atomic mass is 9.95. The quantitative estimate of drug-likeness (QED) is 0.112. The van der Waals surface area contributed by atoms with Crippen molar-refractivity contribution in [2.24, 2.45) is 11.7 Å². The van der Waals surface area contributed by atoms with Crippen LogP contribution in [0.5, 0.6) is 5.75 Å². The first-order chi connectivity index (χ1) is 18.0. The van der Waals surface area contributed by atoms with Crippen molar-refractivity contribution in [2.45, 2.75) is 64.5 Å². The summed E-state index contributed by atoms with van der Waals surface area (Å²) in [6.07, 6.45) is 1.51. The summed E-state index contributed by atoms with van der Waals surface area (Å²) >= 11 is 0. The number of phenolic OH excluding ortho intramolecular Hbond substituents is 1. The van der Waals surface area contributed by atoms with E-state index in [4.69, 9.17) is 11.1 Å². The molecule has 206 valence electrons. The molecule has 2 aromatic rings. The van der Waals surface area contributed by atoms with Crippen LogP contribution in [-0.2, 0) is 27.2 Å². The van der Waals surface area contributed by atoms with Crippen LogP contribution < -0.4 is 21.7 Å². The van der Waals surface area contributed by atoms with Crippen LogP contribution in [0.2, 0.25) is 0 Å². The molecule has 2 amide bonds. The van der Waals surface area contributed by atoms with Gasteiger partial charge in [0.15, 0.2) is 5.96 Å². The molecule has 2 aromatic carbocycles. The molecule has 0 spiro atoms. The average molecular weight is 526 g/mol. The van der Waals surface area contributed by atoms with Crippen molar-refractivity contribution in [1.29, 1.82) is 5.41 Å². The molecule has 0 saturated heterocycles. The first-order valence-corrected chi connectivity index (χ1v) is 12.7. The molecule has 3 unspecified atom stereocenters. The van der Waals surface area contributed by atoms with Crippen molar-refractivity contribution < 1.29 is 24.6 Å². The van der Waals surface area contributed by atoms with Crippen LogP contribution >= 0.6 is 0 Å². The Hall–Kier alpha value is -4.08. The number of aromatic hydroxyl groups is 1. The monoisotopic (exact) mass is 525 g/mol. The minimum absolute atomic E-state index is 0.0680. The Bertz CT molecular complexity index is 1090. The largest absolute Gasteiger partial charge is 0.508 e. The van der Waals surface area contributed by atoms with Gasteiger partial charge in [-0.1, -0.05) is 50.2 Å². The van der Waals surface area contributed by atoms with Crippen LogP contribution in [0.3, 0.4) is 0 Å². The number of hydrogen-bond donors (Lipinski definition) is 7. The topological polar surface area (TPSA) is 178 Å². The minimum atomic E-state index is -1.20. The molecule has 0 aliphatic heterocycles. The van der Waals surface area contributed by atoms with Gasteiger partial charge in [0.1, 0.15) is 17.8 Å². The van der Waals surface area contributed by atoms with Crippen molar-refractivity contribution in [3.05, 3.63) is 65.2 Å². The smallest absolute Gasteiger partial charge is 0.326 e. The van der Waals surface area contributed by atoms with Crippen LogP contribution in [0, 0.1) is 11.3 Å². The van der Waals surface area contributed by atoms with Crippen molar-refractivity contribution in [3.63, 3.8) is 0 Å². The fourth-order valence-electron chi connectivity index (χ4n) is 4.00. The maximum atomic E-state index is 13.2. The third-order valence-electron chi connectivity index (χ3n) is 6.13. The minimum Gasteiger partial charge on any atom is -0.508 e. The van der Waals surface area contributed by atoms with E-state index in [2.05, 4.69) is 29.8 Å². The predicted octanol–water partition coefficient (Wildman–Crippen LogP) is 2.25. The molecule has 10 heteroatoms. The lowest BCUT2D eigenvalue weighted by Gasteiger charge is -2.23. The van der Waals surface area contributed by atoms with Gasteiger partial charge in [0.25, 0.3) is 0 Å². The lowest BCUT2D eigenvalue weighted by Crippen LogP contribution is -2.53. The highest BCUT2D eigenvalue weighted by Gasteiger charge is 2.28. The summed E-state index contributed by atoms with van der Waals surface area (Å²) in [5, 5.41) is 34.3. The standard InChI is InChI=1S/C28H39N5O5/c1-17(2)15-19-6-10-21(11-7-19)18(3)25(35)33-24(16-20-8-12-22(34)13-9-20)26(36)32-23(27(37)38)5-4-14-31-28(29)30/h6-13,17-18,23-24,34H,4-5,14-16H2,1-3H3,(H,32,36)(H,33,35)(H,37,38)(H4,29,30,31). The van der Waals surface area contributed by atoms with Gasteiger partial charge in [-0.15, -0.1) is 0 Å². The average Bonchev–Trinajstić information content (AvgIpc) is 2.85. The number of carboxylic acids is 1. The third-order valence-corrected chi connectivity index (χ3v) is 6.13. The fourth-order valence-corrected chi connectivity index (χ4v) is 4.00. The Kier molecular flexibility index (Phi) is 11.6. The molecule has 0 bridgehead atoms. The highest BCUT2D eigenvalue weighted by atomic mass is 16.4. The molecule has 10 nitrogen and oxygen atoms in total. The van der Waals surface area contributed by atoms with Crippen LogP contribution in [0.15, 0.2) is 48.5 Å². The van der Waals surface area contributed by atoms with Gasteiger partial charge < -0.3 is 31.9 Å². The number of hydrogen-bond acceptors (Lipinski definition) is 5. The predicted molar refractivity (Wildman–Crippen MR) is 146 cm³/mol. The molecule has 38 heavy (non-hydrogen) atoms. The molecule has 0 heterocycles. The summed E-state index contributed by atoms with van der Waals surface area (Å²) < 4.78 is 0. The van der Waals surface area contributed by atoms with Crippen LogP contribution in [0.4, 0.5) is 0 Å². The third kappa shape index (κ3) is 10.1. The van der Waals surface area contributed by atoms with E-state index in [-0.39, 0.29) is 37.0 Å². The van der Waals surface area contributed by atoms with Crippen molar-refractivity contribution in [2.75, 3.05) is 6.54 Å². The summed E-state index contributed by atoms with van der Waals surface area (Å²) in [6.45, 7) is 6.32.